The predicted octanol–water partition coefficient (Wildman–Crippen LogP) is 0.972. The number of rotatable bonds is 4. The van der Waals surface area contributed by atoms with Crippen molar-refractivity contribution in [3.8, 4) is 0 Å². The molecule has 2 rings (SSSR count). The molecule has 0 aliphatic heterocycles. The van der Waals surface area contributed by atoms with Crippen molar-refractivity contribution in [3.05, 3.63) is 56.4 Å². The van der Waals surface area contributed by atoms with Crippen LogP contribution < -0.4 is 16.2 Å². The number of nitrogens with zero attached hydrogens (tertiary/aromatic N) is 2. The number of nitro groups is 1. The van der Waals surface area contributed by atoms with Gasteiger partial charge in [0.1, 0.15) is 5.69 Å². The largest absolute Gasteiger partial charge is 0.383 e. The third kappa shape index (κ3) is 3.21. The fourth-order valence-electron chi connectivity index (χ4n) is 1.64. The van der Waals surface area contributed by atoms with Gasteiger partial charge in [-0.2, -0.15) is 5.10 Å². The van der Waals surface area contributed by atoms with Gasteiger partial charge >= 0.3 is 0 Å². The zero-order valence-electron chi connectivity index (χ0n) is 10.9. The Balaban J connectivity index is 2.25. The number of carbonyl (C=O) groups excluding carboxylic acids is 1. The Kier molecular flexibility index (Phi) is 3.93. The van der Waals surface area contributed by atoms with Gasteiger partial charge in [-0.25, -0.2) is 5.10 Å². The SMILES string of the molecule is CNc1cc(C(=O)Nc2ccc(=O)[nH]n2)ccc1[N+](=O)[O-]. The summed E-state index contributed by atoms with van der Waals surface area (Å²) in [6, 6.07) is 6.50. The van der Waals surface area contributed by atoms with Gasteiger partial charge in [0.05, 0.1) is 4.92 Å². The van der Waals surface area contributed by atoms with Gasteiger partial charge in [-0.05, 0) is 18.2 Å². The van der Waals surface area contributed by atoms with Crippen LogP contribution in [0.5, 0.6) is 0 Å². The number of aromatic amines is 1. The second-order valence-corrected chi connectivity index (χ2v) is 4.00. The highest BCUT2D eigenvalue weighted by atomic mass is 16.6. The van der Waals surface area contributed by atoms with E-state index < -0.39 is 10.8 Å². The van der Waals surface area contributed by atoms with Crippen LogP contribution in [0.3, 0.4) is 0 Å². The molecule has 9 heteroatoms. The van der Waals surface area contributed by atoms with Crippen molar-refractivity contribution in [1.82, 2.24) is 10.2 Å². The number of aromatic nitrogens is 2. The van der Waals surface area contributed by atoms with Crippen LogP contribution in [0.1, 0.15) is 10.4 Å². The number of carbonyl (C=O) groups is 1. The van der Waals surface area contributed by atoms with E-state index in [0.717, 1.165) is 0 Å². The second-order valence-electron chi connectivity index (χ2n) is 4.00. The van der Waals surface area contributed by atoms with Crippen LogP contribution in [-0.2, 0) is 0 Å². The molecule has 1 heterocycles. The number of nitrogens with one attached hydrogen (secondary N) is 3. The first-order valence-corrected chi connectivity index (χ1v) is 5.84. The van der Waals surface area contributed by atoms with Gasteiger partial charge in [0, 0.05) is 24.7 Å². The van der Waals surface area contributed by atoms with Crippen LogP contribution >= 0.6 is 0 Å². The summed E-state index contributed by atoms with van der Waals surface area (Å²) >= 11 is 0. The third-order valence-electron chi connectivity index (χ3n) is 2.65. The molecule has 0 aliphatic carbocycles. The lowest BCUT2D eigenvalue weighted by molar-refractivity contribution is -0.383. The molecule has 0 saturated heterocycles. The maximum atomic E-state index is 12.0. The Hall–Kier alpha value is -3.23. The molecule has 21 heavy (non-hydrogen) atoms. The molecular formula is C12H11N5O4. The first-order valence-electron chi connectivity index (χ1n) is 5.84. The lowest BCUT2D eigenvalue weighted by Gasteiger charge is -2.06. The molecule has 2 aromatic rings. The van der Waals surface area contributed by atoms with E-state index in [0.29, 0.717) is 0 Å². The average molecular weight is 289 g/mol. The normalized spacial score (nSPS) is 9.95. The molecule has 0 saturated carbocycles. The Morgan fingerprint density at radius 2 is 2.10 bits per heavy atom. The molecule has 0 aliphatic rings. The average Bonchev–Trinajstić information content (AvgIpc) is 2.48. The Labute approximate surface area is 118 Å². The number of hydrogen-bond donors (Lipinski definition) is 3. The highest BCUT2D eigenvalue weighted by Gasteiger charge is 2.16. The van der Waals surface area contributed by atoms with Gasteiger partial charge in [0.25, 0.3) is 17.2 Å². The molecule has 0 bridgehead atoms. The Bertz CT molecular complexity index is 735. The Morgan fingerprint density at radius 3 is 2.67 bits per heavy atom. The highest BCUT2D eigenvalue weighted by molar-refractivity contribution is 6.04. The van der Waals surface area contributed by atoms with Crippen LogP contribution in [-0.4, -0.2) is 28.1 Å². The molecule has 0 unspecified atom stereocenters. The van der Waals surface area contributed by atoms with Crippen LogP contribution in [0, 0.1) is 10.1 Å². The van der Waals surface area contributed by atoms with Crippen molar-refractivity contribution in [1.29, 1.82) is 0 Å². The zero-order valence-corrected chi connectivity index (χ0v) is 10.9. The smallest absolute Gasteiger partial charge is 0.292 e. The van der Waals surface area contributed by atoms with Crippen molar-refractivity contribution in [2.75, 3.05) is 17.7 Å². The topological polar surface area (TPSA) is 130 Å². The van der Waals surface area contributed by atoms with Gasteiger partial charge < -0.3 is 10.6 Å². The molecule has 0 spiro atoms. The van der Waals surface area contributed by atoms with Crippen molar-refractivity contribution >= 4 is 23.1 Å². The summed E-state index contributed by atoms with van der Waals surface area (Å²) in [5, 5.41) is 21.8. The molecule has 0 fully saturated rings. The lowest BCUT2D eigenvalue weighted by atomic mass is 10.1. The molecule has 1 amide bonds. The van der Waals surface area contributed by atoms with Crippen LogP contribution in [0.25, 0.3) is 0 Å². The first-order chi connectivity index (χ1) is 10.0. The highest BCUT2D eigenvalue weighted by Crippen LogP contribution is 2.25. The minimum Gasteiger partial charge on any atom is -0.383 e. The van der Waals surface area contributed by atoms with E-state index in [1.807, 2.05) is 0 Å². The first kappa shape index (κ1) is 14.2. The number of nitro benzene ring substituents is 1. The summed E-state index contributed by atoms with van der Waals surface area (Å²) in [7, 11) is 1.52. The summed E-state index contributed by atoms with van der Waals surface area (Å²) < 4.78 is 0. The maximum absolute atomic E-state index is 12.0. The summed E-state index contributed by atoms with van der Waals surface area (Å²) in [6.45, 7) is 0. The quantitative estimate of drug-likeness (QED) is 0.568. The number of hydrogen-bond acceptors (Lipinski definition) is 6. The molecule has 0 radical (unpaired) electrons. The van der Waals surface area contributed by atoms with E-state index in [1.54, 1.807) is 0 Å². The lowest BCUT2D eigenvalue weighted by Crippen LogP contribution is -2.16. The van der Waals surface area contributed by atoms with Gasteiger partial charge in [0.15, 0.2) is 5.82 Å². The standard InChI is InChI=1S/C12H11N5O4/c1-13-8-6-7(2-3-9(8)17(20)21)12(19)14-10-4-5-11(18)16-15-10/h2-6,13H,1H3,(H,16,18)(H,14,15,19). The van der Waals surface area contributed by atoms with Crippen LogP contribution in [0.2, 0.25) is 0 Å². The summed E-state index contributed by atoms with van der Waals surface area (Å²) in [4.78, 5) is 33.1. The molecule has 3 N–H and O–H groups in total. The zero-order chi connectivity index (χ0) is 15.4. The second kappa shape index (κ2) is 5.82. The van der Waals surface area contributed by atoms with E-state index >= 15 is 0 Å². The maximum Gasteiger partial charge on any atom is 0.292 e. The van der Waals surface area contributed by atoms with E-state index in [9.17, 15) is 19.7 Å². The summed E-state index contributed by atoms with van der Waals surface area (Å²) in [6.07, 6.45) is 0. The third-order valence-corrected chi connectivity index (χ3v) is 2.65. The van der Waals surface area contributed by atoms with Crippen molar-refractivity contribution < 1.29 is 9.72 Å². The molecule has 0 atom stereocenters. The van der Waals surface area contributed by atoms with Crippen LogP contribution in [0.4, 0.5) is 17.2 Å². The summed E-state index contributed by atoms with van der Waals surface area (Å²) in [5.74, 6) is -0.329. The van der Waals surface area contributed by atoms with Gasteiger partial charge in [-0.3, -0.25) is 19.7 Å². The number of amides is 1. The number of benzene rings is 1. The fourth-order valence-corrected chi connectivity index (χ4v) is 1.64. The molecule has 1 aromatic carbocycles. The minimum absolute atomic E-state index is 0.129. The van der Waals surface area contributed by atoms with Crippen LogP contribution in [0.15, 0.2) is 35.1 Å². The van der Waals surface area contributed by atoms with Crippen molar-refractivity contribution in [2.45, 2.75) is 0 Å². The minimum atomic E-state index is -0.545. The van der Waals surface area contributed by atoms with Gasteiger partial charge in [0.2, 0.25) is 0 Å². The monoisotopic (exact) mass is 289 g/mol. The predicted molar refractivity (Wildman–Crippen MR) is 75.5 cm³/mol. The van der Waals surface area contributed by atoms with Crippen molar-refractivity contribution in [2.24, 2.45) is 0 Å². The number of anilines is 2. The van der Waals surface area contributed by atoms with E-state index in [4.69, 9.17) is 0 Å². The van der Waals surface area contributed by atoms with E-state index in [2.05, 4.69) is 20.8 Å². The van der Waals surface area contributed by atoms with Gasteiger partial charge in [-0.1, -0.05) is 0 Å². The van der Waals surface area contributed by atoms with Gasteiger partial charge in [-0.15, -0.1) is 0 Å². The Morgan fingerprint density at radius 1 is 1.33 bits per heavy atom. The summed E-state index contributed by atoms with van der Waals surface area (Å²) in [5.41, 5.74) is -0.0722. The number of H-pyrrole nitrogens is 1. The molecule has 1 aromatic heterocycles. The molecule has 9 nitrogen and oxygen atoms in total. The fraction of sp³-hybridized carbons (Fsp3) is 0.0833. The molecule has 108 valence electrons. The van der Waals surface area contributed by atoms with E-state index in [1.165, 1.54) is 37.4 Å². The van der Waals surface area contributed by atoms with E-state index in [-0.39, 0.29) is 28.3 Å². The molecular weight excluding hydrogens is 278 g/mol. The van der Waals surface area contributed by atoms with Crippen molar-refractivity contribution in [3.63, 3.8) is 0 Å².